The number of rotatable bonds is 4. The second-order valence-corrected chi connectivity index (χ2v) is 5.21. The van der Waals surface area contributed by atoms with Gasteiger partial charge in [-0.15, -0.1) is 10.2 Å². The van der Waals surface area contributed by atoms with Crippen molar-refractivity contribution in [1.82, 2.24) is 30.4 Å². The Labute approximate surface area is 102 Å². The number of nitrogens with one attached hydrogen (secondary N) is 1. The van der Waals surface area contributed by atoms with Crippen molar-refractivity contribution < 1.29 is 0 Å². The fraction of sp³-hybridized carbons (Fsp3) is 0.909. The molecule has 0 radical (unpaired) electrons. The highest BCUT2D eigenvalue weighted by molar-refractivity contribution is 4.84. The van der Waals surface area contributed by atoms with Crippen molar-refractivity contribution in [3.8, 4) is 0 Å². The summed E-state index contributed by atoms with van der Waals surface area (Å²) in [5, 5.41) is 15.7. The molecule has 1 fully saturated rings. The summed E-state index contributed by atoms with van der Waals surface area (Å²) in [6.07, 6.45) is 1.23. The van der Waals surface area contributed by atoms with Gasteiger partial charge in [0.15, 0.2) is 5.82 Å². The maximum Gasteiger partial charge on any atom is 0.188 e. The zero-order valence-electron chi connectivity index (χ0n) is 10.9. The summed E-state index contributed by atoms with van der Waals surface area (Å²) < 4.78 is 0. The van der Waals surface area contributed by atoms with E-state index in [1.807, 2.05) is 0 Å². The van der Waals surface area contributed by atoms with E-state index in [1.54, 1.807) is 7.05 Å². The van der Waals surface area contributed by atoms with Crippen LogP contribution in [0.25, 0.3) is 0 Å². The molecule has 1 unspecified atom stereocenters. The highest BCUT2D eigenvalue weighted by Crippen LogP contribution is 2.10. The Balaban J connectivity index is 1.85. The molecule has 1 aliphatic rings. The fourth-order valence-corrected chi connectivity index (χ4v) is 2.35. The molecule has 17 heavy (non-hydrogen) atoms. The van der Waals surface area contributed by atoms with Crippen LogP contribution in [0.2, 0.25) is 0 Å². The van der Waals surface area contributed by atoms with Gasteiger partial charge in [-0.05, 0) is 17.6 Å². The molecule has 0 aliphatic carbocycles. The number of tetrazole rings is 1. The van der Waals surface area contributed by atoms with Crippen molar-refractivity contribution in [3.05, 3.63) is 5.82 Å². The standard InChI is InChI=1S/C11H22N6/c1-9(2)6-10-7-17(5-4-12-10)8-11-13-15-16(3)14-11/h9-10,12H,4-8H2,1-3H3. The maximum absolute atomic E-state index is 4.22. The van der Waals surface area contributed by atoms with Crippen molar-refractivity contribution in [2.75, 3.05) is 19.6 Å². The van der Waals surface area contributed by atoms with Gasteiger partial charge in [0.2, 0.25) is 0 Å². The Hall–Kier alpha value is -1.01. The lowest BCUT2D eigenvalue weighted by Gasteiger charge is -2.33. The molecule has 0 spiro atoms. The number of nitrogens with zero attached hydrogens (tertiary/aromatic N) is 5. The van der Waals surface area contributed by atoms with Crippen molar-refractivity contribution in [2.45, 2.75) is 32.9 Å². The largest absolute Gasteiger partial charge is 0.311 e. The molecule has 1 atom stereocenters. The molecule has 6 nitrogen and oxygen atoms in total. The number of hydrogen-bond donors (Lipinski definition) is 1. The molecule has 1 aliphatic heterocycles. The number of aromatic nitrogens is 4. The zero-order chi connectivity index (χ0) is 12.3. The Bertz CT molecular complexity index is 347. The molecule has 6 heteroatoms. The molecule has 1 N–H and O–H groups in total. The quantitative estimate of drug-likeness (QED) is 0.802. The van der Waals surface area contributed by atoms with Crippen LogP contribution in [-0.4, -0.2) is 50.8 Å². The fourth-order valence-electron chi connectivity index (χ4n) is 2.35. The molecule has 96 valence electrons. The second kappa shape index (κ2) is 5.55. The lowest BCUT2D eigenvalue weighted by Crippen LogP contribution is -2.50. The molecule has 1 aromatic heterocycles. The predicted molar refractivity (Wildman–Crippen MR) is 65.3 cm³/mol. The SMILES string of the molecule is CC(C)CC1CN(Cc2nnn(C)n2)CCN1. The molecule has 1 saturated heterocycles. The third-order valence-corrected chi connectivity index (χ3v) is 3.01. The van der Waals surface area contributed by atoms with E-state index < -0.39 is 0 Å². The summed E-state index contributed by atoms with van der Waals surface area (Å²) in [4.78, 5) is 3.92. The first-order valence-corrected chi connectivity index (χ1v) is 6.32. The summed E-state index contributed by atoms with van der Waals surface area (Å²) in [7, 11) is 1.80. The van der Waals surface area contributed by atoms with Gasteiger partial charge in [0.1, 0.15) is 0 Å². The number of piperazine rings is 1. The smallest absolute Gasteiger partial charge is 0.188 e. The van der Waals surface area contributed by atoms with Gasteiger partial charge in [0.05, 0.1) is 13.6 Å². The Morgan fingerprint density at radius 3 is 2.94 bits per heavy atom. The van der Waals surface area contributed by atoms with Crippen LogP contribution in [0.4, 0.5) is 0 Å². The minimum Gasteiger partial charge on any atom is -0.311 e. The van der Waals surface area contributed by atoms with Crippen LogP contribution in [0.5, 0.6) is 0 Å². The van der Waals surface area contributed by atoms with Crippen LogP contribution in [0.3, 0.4) is 0 Å². The van der Waals surface area contributed by atoms with Crippen molar-refractivity contribution in [2.24, 2.45) is 13.0 Å². The lowest BCUT2D eigenvalue weighted by molar-refractivity contribution is 0.176. The van der Waals surface area contributed by atoms with Crippen molar-refractivity contribution >= 4 is 0 Å². The van der Waals surface area contributed by atoms with E-state index in [0.717, 1.165) is 37.9 Å². The topological polar surface area (TPSA) is 58.9 Å². The molecule has 0 aromatic carbocycles. The zero-order valence-corrected chi connectivity index (χ0v) is 10.9. The van der Waals surface area contributed by atoms with E-state index in [4.69, 9.17) is 0 Å². The average molecular weight is 238 g/mol. The normalized spacial score (nSPS) is 22.2. The molecular weight excluding hydrogens is 216 g/mol. The Kier molecular flexibility index (Phi) is 4.06. The third-order valence-electron chi connectivity index (χ3n) is 3.01. The molecule has 0 bridgehead atoms. The van der Waals surface area contributed by atoms with Crippen LogP contribution in [0.15, 0.2) is 0 Å². The van der Waals surface area contributed by atoms with E-state index in [-0.39, 0.29) is 0 Å². The van der Waals surface area contributed by atoms with E-state index in [1.165, 1.54) is 11.2 Å². The summed E-state index contributed by atoms with van der Waals surface area (Å²) in [5.41, 5.74) is 0. The first-order valence-electron chi connectivity index (χ1n) is 6.32. The van der Waals surface area contributed by atoms with Crippen LogP contribution in [-0.2, 0) is 13.6 Å². The first kappa shape index (κ1) is 12.4. The maximum atomic E-state index is 4.22. The van der Waals surface area contributed by atoms with Gasteiger partial charge in [0, 0.05) is 25.7 Å². The molecular formula is C11H22N6. The number of aryl methyl sites for hydroxylation is 1. The molecule has 2 rings (SSSR count). The van der Waals surface area contributed by atoms with E-state index in [2.05, 4.69) is 39.5 Å². The van der Waals surface area contributed by atoms with Gasteiger partial charge in [-0.1, -0.05) is 13.8 Å². The second-order valence-electron chi connectivity index (χ2n) is 5.21. The van der Waals surface area contributed by atoms with E-state index in [0.29, 0.717) is 6.04 Å². The molecule has 0 amide bonds. The number of hydrogen-bond acceptors (Lipinski definition) is 5. The molecule has 2 heterocycles. The van der Waals surface area contributed by atoms with Gasteiger partial charge >= 0.3 is 0 Å². The molecule has 0 saturated carbocycles. The predicted octanol–water partition coefficient (Wildman–Crippen LogP) is 0.0300. The van der Waals surface area contributed by atoms with Crippen LogP contribution >= 0.6 is 0 Å². The van der Waals surface area contributed by atoms with Crippen molar-refractivity contribution in [1.29, 1.82) is 0 Å². The third kappa shape index (κ3) is 3.74. The van der Waals surface area contributed by atoms with Crippen LogP contribution < -0.4 is 5.32 Å². The van der Waals surface area contributed by atoms with Gasteiger partial charge < -0.3 is 5.32 Å². The van der Waals surface area contributed by atoms with E-state index >= 15 is 0 Å². The van der Waals surface area contributed by atoms with Crippen LogP contribution in [0.1, 0.15) is 26.1 Å². The lowest BCUT2D eigenvalue weighted by atomic mass is 10.0. The van der Waals surface area contributed by atoms with E-state index in [9.17, 15) is 0 Å². The van der Waals surface area contributed by atoms with Gasteiger partial charge in [-0.3, -0.25) is 4.90 Å². The van der Waals surface area contributed by atoms with Crippen LogP contribution in [0, 0.1) is 5.92 Å². The monoisotopic (exact) mass is 238 g/mol. The van der Waals surface area contributed by atoms with Crippen molar-refractivity contribution in [3.63, 3.8) is 0 Å². The highest BCUT2D eigenvalue weighted by Gasteiger charge is 2.21. The summed E-state index contributed by atoms with van der Waals surface area (Å²) >= 11 is 0. The Morgan fingerprint density at radius 1 is 1.47 bits per heavy atom. The average Bonchev–Trinajstić information content (AvgIpc) is 2.63. The minimum atomic E-state index is 0.598. The minimum absolute atomic E-state index is 0.598. The first-order chi connectivity index (χ1) is 8.13. The van der Waals surface area contributed by atoms with Gasteiger partial charge in [-0.25, -0.2) is 0 Å². The summed E-state index contributed by atoms with van der Waals surface area (Å²) in [6.45, 7) is 8.54. The molecule has 1 aromatic rings. The Morgan fingerprint density at radius 2 is 2.29 bits per heavy atom. The highest BCUT2D eigenvalue weighted by atomic mass is 15.6. The summed E-state index contributed by atoms with van der Waals surface area (Å²) in [6, 6.07) is 0.598. The van der Waals surface area contributed by atoms with Gasteiger partial charge in [0.25, 0.3) is 0 Å². The van der Waals surface area contributed by atoms with Gasteiger partial charge in [-0.2, -0.15) is 4.80 Å². The summed E-state index contributed by atoms with van der Waals surface area (Å²) in [5.74, 6) is 1.56.